The molecule has 0 aliphatic carbocycles. The number of carbonyl (C=O) groups excluding carboxylic acids is 1. The zero-order valence-electron chi connectivity index (χ0n) is 13.5. The molecule has 0 saturated heterocycles. The highest BCUT2D eigenvalue weighted by atomic mass is 32.1. The summed E-state index contributed by atoms with van der Waals surface area (Å²) >= 11 is 1.08. The van der Waals surface area contributed by atoms with E-state index in [2.05, 4.69) is 20.4 Å². The number of aryl methyl sites for hydroxylation is 1. The van der Waals surface area contributed by atoms with Gasteiger partial charge in [-0.2, -0.15) is 18.2 Å². The van der Waals surface area contributed by atoms with Crippen molar-refractivity contribution in [3.63, 3.8) is 0 Å². The second-order valence-corrected chi connectivity index (χ2v) is 6.15. The number of alkyl halides is 3. The summed E-state index contributed by atoms with van der Waals surface area (Å²) in [5.41, 5.74) is -0.0373. The highest BCUT2D eigenvalue weighted by Crippen LogP contribution is 2.29. The van der Waals surface area contributed by atoms with Crippen LogP contribution in [0, 0.1) is 0 Å². The molecule has 0 fully saturated rings. The Morgan fingerprint density at radius 1 is 1.31 bits per heavy atom. The number of thiazole rings is 1. The zero-order chi connectivity index (χ0) is 18.7. The predicted molar refractivity (Wildman–Crippen MR) is 87.4 cm³/mol. The van der Waals surface area contributed by atoms with Crippen LogP contribution in [0.25, 0.3) is 11.6 Å². The van der Waals surface area contributed by atoms with Gasteiger partial charge >= 0.3 is 6.18 Å². The van der Waals surface area contributed by atoms with Crippen LogP contribution < -0.4 is 5.32 Å². The maximum Gasteiger partial charge on any atom is 0.416 e. The van der Waals surface area contributed by atoms with E-state index in [9.17, 15) is 18.0 Å². The van der Waals surface area contributed by atoms with Crippen molar-refractivity contribution in [3.8, 4) is 11.6 Å². The monoisotopic (exact) mass is 382 g/mol. The van der Waals surface area contributed by atoms with Crippen molar-refractivity contribution >= 4 is 17.2 Å². The minimum absolute atomic E-state index is 0.0434. The molecular formula is C16H13F3N4O2S. The first-order valence-electron chi connectivity index (χ1n) is 7.59. The lowest BCUT2D eigenvalue weighted by molar-refractivity contribution is -0.137. The summed E-state index contributed by atoms with van der Waals surface area (Å²) in [5, 5.41) is 8.06. The van der Waals surface area contributed by atoms with Gasteiger partial charge in [-0.25, -0.2) is 4.98 Å². The van der Waals surface area contributed by atoms with Crippen molar-refractivity contribution in [3.05, 3.63) is 51.6 Å². The predicted octanol–water partition coefficient (Wildman–Crippen LogP) is 3.70. The molecule has 2 aromatic heterocycles. The van der Waals surface area contributed by atoms with E-state index in [0.29, 0.717) is 23.5 Å². The number of amides is 1. The Kier molecular flexibility index (Phi) is 5.03. The van der Waals surface area contributed by atoms with Crippen LogP contribution >= 0.6 is 11.3 Å². The molecule has 0 aliphatic heterocycles. The largest absolute Gasteiger partial charge is 0.416 e. The third-order valence-corrected chi connectivity index (χ3v) is 4.25. The highest BCUT2D eigenvalue weighted by molar-refractivity contribution is 7.12. The van der Waals surface area contributed by atoms with Crippen molar-refractivity contribution in [1.29, 1.82) is 0 Å². The molecule has 1 aromatic carbocycles. The Morgan fingerprint density at radius 3 is 2.81 bits per heavy atom. The molecule has 26 heavy (non-hydrogen) atoms. The van der Waals surface area contributed by atoms with Gasteiger partial charge in [-0.1, -0.05) is 24.2 Å². The van der Waals surface area contributed by atoms with Crippen molar-refractivity contribution in [2.24, 2.45) is 0 Å². The zero-order valence-corrected chi connectivity index (χ0v) is 14.3. The van der Waals surface area contributed by atoms with Gasteiger partial charge < -0.3 is 9.84 Å². The number of carbonyl (C=O) groups is 1. The van der Waals surface area contributed by atoms with Gasteiger partial charge in [-0.05, 0) is 17.7 Å². The van der Waals surface area contributed by atoms with Crippen LogP contribution in [0.2, 0.25) is 0 Å². The van der Waals surface area contributed by atoms with Crippen LogP contribution in [0.3, 0.4) is 0 Å². The summed E-state index contributed by atoms with van der Waals surface area (Å²) in [7, 11) is 0. The number of hydrogen-bond donors (Lipinski definition) is 1. The molecule has 1 N–H and O–H groups in total. The summed E-state index contributed by atoms with van der Waals surface area (Å²) < 4.78 is 43.2. The fraction of sp³-hybridized carbons (Fsp3) is 0.250. The standard InChI is InChI=1S/C16H13F3N4O2S/c1-2-12-22-14(25-23-12)11-8-26-15(21-11)13(24)20-7-9-4-3-5-10(6-9)16(17,18)19/h3-6,8H,2,7H2,1H3,(H,20,24). The van der Waals surface area contributed by atoms with Gasteiger partial charge in [0.05, 0.1) is 5.56 Å². The molecule has 10 heteroatoms. The van der Waals surface area contributed by atoms with E-state index >= 15 is 0 Å². The lowest BCUT2D eigenvalue weighted by Gasteiger charge is -2.09. The van der Waals surface area contributed by atoms with E-state index in [0.717, 1.165) is 23.5 Å². The van der Waals surface area contributed by atoms with Gasteiger partial charge in [-0.3, -0.25) is 4.79 Å². The Bertz CT molecular complexity index is 920. The van der Waals surface area contributed by atoms with E-state index in [-0.39, 0.29) is 17.4 Å². The maximum atomic E-state index is 12.7. The summed E-state index contributed by atoms with van der Waals surface area (Å²) in [4.78, 5) is 20.4. The lowest BCUT2D eigenvalue weighted by Crippen LogP contribution is -2.22. The minimum atomic E-state index is -4.42. The smallest absolute Gasteiger partial charge is 0.346 e. The van der Waals surface area contributed by atoms with Crippen LogP contribution in [0.15, 0.2) is 34.2 Å². The first kappa shape index (κ1) is 18.1. The van der Waals surface area contributed by atoms with Crippen molar-refractivity contribution in [1.82, 2.24) is 20.4 Å². The molecule has 136 valence electrons. The average Bonchev–Trinajstić information content (AvgIpc) is 3.28. The molecular weight excluding hydrogens is 369 g/mol. The summed E-state index contributed by atoms with van der Waals surface area (Å²) in [6.45, 7) is 1.83. The van der Waals surface area contributed by atoms with Crippen LogP contribution in [-0.4, -0.2) is 21.0 Å². The minimum Gasteiger partial charge on any atom is -0.346 e. The Labute approximate surface area is 150 Å². The second-order valence-electron chi connectivity index (χ2n) is 5.29. The fourth-order valence-corrected chi connectivity index (χ4v) is 2.80. The van der Waals surface area contributed by atoms with Gasteiger partial charge in [0.2, 0.25) is 0 Å². The molecule has 0 unspecified atom stereocenters. The van der Waals surface area contributed by atoms with Crippen LogP contribution in [0.1, 0.15) is 33.7 Å². The molecule has 0 aliphatic rings. The van der Waals surface area contributed by atoms with Crippen LogP contribution in [0.5, 0.6) is 0 Å². The van der Waals surface area contributed by atoms with E-state index in [4.69, 9.17) is 4.52 Å². The number of benzene rings is 1. The average molecular weight is 382 g/mol. The molecule has 2 heterocycles. The fourth-order valence-electron chi connectivity index (χ4n) is 2.09. The van der Waals surface area contributed by atoms with Gasteiger partial charge in [0.1, 0.15) is 5.69 Å². The normalized spacial score (nSPS) is 11.5. The Morgan fingerprint density at radius 2 is 2.12 bits per heavy atom. The molecule has 0 radical (unpaired) electrons. The summed E-state index contributed by atoms with van der Waals surface area (Å²) in [6, 6.07) is 4.78. The molecule has 3 aromatic rings. The molecule has 0 saturated carbocycles. The third-order valence-electron chi connectivity index (χ3n) is 3.41. The SMILES string of the molecule is CCc1noc(-c2csc(C(=O)NCc3cccc(C(F)(F)F)c3)n2)n1. The molecule has 6 nitrogen and oxygen atoms in total. The Balaban J connectivity index is 1.66. The van der Waals surface area contributed by atoms with Crippen molar-refractivity contribution < 1.29 is 22.5 Å². The lowest BCUT2D eigenvalue weighted by atomic mass is 10.1. The molecule has 0 atom stereocenters. The van der Waals surface area contributed by atoms with E-state index < -0.39 is 17.6 Å². The molecule has 0 spiro atoms. The number of halogens is 3. The van der Waals surface area contributed by atoms with E-state index in [1.807, 2.05) is 6.92 Å². The summed E-state index contributed by atoms with van der Waals surface area (Å²) in [6.07, 6.45) is -3.82. The Hall–Kier alpha value is -2.75. The van der Waals surface area contributed by atoms with Gasteiger partial charge in [0, 0.05) is 18.3 Å². The van der Waals surface area contributed by atoms with Crippen LogP contribution in [0.4, 0.5) is 13.2 Å². The van der Waals surface area contributed by atoms with Gasteiger partial charge in [-0.15, -0.1) is 11.3 Å². The van der Waals surface area contributed by atoms with E-state index in [1.54, 1.807) is 5.38 Å². The number of nitrogens with one attached hydrogen (secondary N) is 1. The van der Waals surface area contributed by atoms with Crippen molar-refractivity contribution in [2.75, 3.05) is 0 Å². The first-order chi connectivity index (χ1) is 12.4. The second kappa shape index (κ2) is 7.24. The molecule has 1 amide bonds. The number of hydrogen-bond acceptors (Lipinski definition) is 6. The number of aromatic nitrogens is 3. The van der Waals surface area contributed by atoms with Crippen molar-refractivity contribution in [2.45, 2.75) is 26.1 Å². The maximum absolute atomic E-state index is 12.7. The van der Waals surface area contributed by atoms with E-state index in [1.165, 1.54) is 12.1 Å². The summed E-state index contributed by atoms with van der Waals surface area (Å²) in [5.74, 6) is 0.257. The van der Waals surface area contributed by atoms with Crippen LogP contribution in [-0.2, 0) is 19.1 Å². The topological polar surface area (TPSA) is 80.9 Å². The molecule has 3 rings (SSSR count). The van der Waals surface area contributed by atoms with Gasteiger partial charge in [0.25, 0.3) is 11.8 Å². The number of nitrogens with zero attached hydrogens (tertiary/aromatic N) is 3. The highest BCUT2D eigenvalue weighted by Gasteiger charge is 2.30. The quantitative estimate of drug-likeness (QED) is 0.728. The first-order valence-corrected chi connectivity index (χ1v) is 8.47. The number of rotatable bonds is 5. The van der Waals surface area contributed by atoms with Gasteiger partial charge in [0.15, 0.2) is 10.8 Å². The molecule has 0 bridgehead atoms. The third kappa shape index (κ3) is 4.07.